The maximum Gasteiger partial charge on any atom is 0.0334 e. The molecular weight excluding hydrogens is 232 g/mol. The Balaban J connectivity index is 1.95. The third-order valence-electron chi connectivity index (χ3n) is 5.33. The van der Waals surface area contributed by atoms with Crippen molar-refractivity contribution in [1.29, 1.82) is 0 Å². The minimum atomic E-state index is 0.516. The quantitative estimate of drug-likeness (QED) is 0.817. The van der Waals surface area contributed by atoms with Crippen molar-refractivity contribution in [3.8, 4) is 0 Å². The highest BCUT2D eigenvalue weighted by atomic mass is 15.3. The zero-order chi connectivity index (χ0) is 13.9. The average Bonchev–Trinajstić information content (AvgIpc) is 2.80. The van der Waals surface area contributed by atoms with Gasteiger partial charge < -0.3 is 5.32 Å². The second-order valence-electron chi connectivity index (χ2n) is 7.64. The van der Waals surface area contributed by atoms with Crippen LogP contribution in [-0.2, 0) is 0 Å². The molecule has 1 saturated carbocycles. The van der Waals surface area contributed by atoms with Crippen LogP contribution in [0.1, 0.15) is 66.2 Å². The van der Waals surface area contributed by atoms with E-state index in [9.17, 15) is 0 Å². The van der Waals surface area contributed by atoms with E-state index in [4.69, 9.17) is 0 Å². The van der Waals surface area contributed by atoms with Gasteiger partial charge in [0.2, 0.25) is 0 Å². The van der Waals surface area contributed by atoms with Gasteiger partial charge in [0.05, 0.1) is 0 Å². The smallest absolute Gasteiger partial charge is 0.0334 e. The van der Waals surface area contributed by atoms with Crippen molar-refractivity contribution >= 4 is 0 Å². The molecule has 2 nitrogen and oxygen atoms in total. The molecule has 2 fully saturated rings. The van der Waals surface area contributed by atoms with Crippen LogP contribution in [0.3, 0.4) is 0 Å². The molecule has 2 rings (SSSR count). The number of nitrogens with one attached hydrogen (secondary N) is 1. The first-order valence-corrected chi connectivity index (χ1v) is 8.52. The molecule has 19 heavy (non-hydrogen) atoms. The molecule has 1 spiro atoms. The van der Waals surface area contributed by atoms with Gasteiger partial charge >= 0.3 is 0 Å². The number of nitrogens with zero attached hydrogens (tertiary/aromatic N) is 1. The number of piperazine rings is 1. The predicted octanol–water partition coefficient (Wildman–Crippen LogP) is 3.67. The van der Waals surface area contributed by atoms with E-state index in [0.29, 0.717) is 11.6 Å². The van der Waals surface area contributed by atoms with Crippen molar-refractivity contribution in [2.24, 2.45) is 11.8 Å². The summed E-state index contributed by atoms with van der Waals surface area (Å²) in [7, 11) is 0. The summed E-state index contributed by atoms with van der Waals surface area (Å²) in [6.07, 6.45) is 8.49. The summed E-state index contributed by atoms with van der Waals surface area (Å²) in [5.74, 6) is 1.61. The predicted molar refractivity (Wildman–Crippen MR) is 83.5 cm³/mol. The van der Waals surface area contributed by atoms with Crippen LogP contribution < -0.4 is 5.32 Å². The van der Waals surface area contributed by atoms with Gasteiger partial charge in [-0.25, -0.2) is 0 Å². The summed E-state index contributed by atoms with van der Waals surface area (Å²) >= 11 is 0. The molecule has 1 unspecified atom stereocenters. The lowest BCUT2D eigenvalue weighted by Crippen LogP contribution is -2.64. The molecule has 0 aromatic carbocycles. The Labute approximate surface area is 120 Å². The molecule has 2 aliphatic rings. The molecule has 1 N–H and O–H groups in total. The van der Waals surface area contributed by atoms with Crippen LogP contribution >= 0.6 is 0 Å². The Morgan fingerprint density at radius 3 is 2.42 bits per heavy atom. The summed E-state index contributed by atoms with van der Waals surface area (Å²) < 4.78 is 0. The zero-order valence-electron chi connectivity index (χ0n) is 13.5. The van der Waals surface area contributed by atoms with E-state index in [2.05, 4.69) is 37.9 Å². The molecular formula is C17H34N2. The van der Waals surface area contributed by atoms with Crippen LogP contribution in [0.25, 0.3) is 0 Å². The van der Waals surface area contributed by atoms with Crippen LogP contribution in [0.4, 0.5) is 0 Å². The van der Waals surface area contributed by atoms with Crippen LogP contribution in [-0.4, -0.2) is 36.1 Å². The fraction of sp³-hybridized carbons (Fsp3) is 1.00. The summed E-state index contributed by atoms with van der Waals surface area (Å²) in [6, 6.07) is 0.699. The average molecular weight is 266 g/mol. The van der Waals surface area contributed by atoms with Gasteiger partial charge in [-0.1, -0.05) is 40.5 Å². The first-order chi connectivity index (χ1) is 9.03. The lowest BCUT2D eigenvalue weighted by atomic mass is 9.88. The molecule has 0 amide bonds. The highest BCUT2D eigenvalue weighted by Crippen LogP contribution is 2.37. The standard InChI is InChI=1S/C17H34N2/c1-14(2)8-7-11-19-12-16(15(3)4)18-13-17(19)9-5-6-10-17/h14-16,18H,5-13H2,1-4H3. The van der Waals surface area contributed by atoms with Gasteiger partial charge in [0.25, 0.3) is 0 Å². The maximum absolute atomic E-state index is 3.84. The van der Waals surface area contributed by atoms with Crippen LogP contribution in [0.2, 0.25) is 0 Å². The Bertz CT molecular complexity index is 266. The van der Waals surface area contributed by atoms with Crippen molar-refractivity contribution in [2.75, 3.05) is 19.6 Å². The lowest BCUT2D eigenvalue weighted by molar-refractivity contribution is 0.0311. The molecule has 0 bridgehead atoms. The van der Waals surface area contributed by atoms with E-state index in [-0.39, 0.29) is 0 Å². The topological polar surface area (TPSA) is 15.3 Å². The summed E-state index contributed by atoms with van der Waals surface area (Å²) in [4.78, 5) is 2.86. The second kappa shape index (κ2) is 6.58. The zero-order valence-corrected chi connectivity index (χ0v) is 13.5. The third kappa shape index (κ3) is 3.72. The molecule has 1 aliphatic carbocycles. The van der Waals surface area contributed by atoms with E-state index in [1.54, 1.807) is 0 Å². The first kappa shape index (κ1) is 15.3. The minimum absolute atomic E-state index is 0.516. The number of hydrogen-bond acceptors (Lipinski definition) is 2. The van der Waals surface area contributed by atoms with Gasteiger partial charge in [0.1, 0.15) is 0 Å². The summed E-state index contributed by atoms with van der Waals surface area (Å²) in [5, 5.41) is 3.84. The van der Waals surface area contributed by atoms with Crippen molar-refractivity contribution in [1.82, 2.24) is 10.2 Å². The Morgan fingerprint density at radius 1 is 1.16 bits per heavy atom. The van der Waals surface area contributed by atoms with Gasteiger partial charge in [-0.05, 0) is 44.1 Å². The minimum Gasteiger partial charge on any atom is -0.311 e. The Hall–Kier alpha value is -0.0800. The van der Waals surface area contributed by atoms with Crippen molar-refractivity contribution in [3.63, 3.8) is 0 Å². The monoisotopic (exact) mass is 266 g/mol. The van der Waals surface area contributed by atoms with E-state index < -0.39 is 0 Å². The van der Waals surface area contributed by atoms with E-state index in [1.165, 1.54) is 58.2 Å². The Kier molecular flexibility index (Phi) is 5.30. The van der Waals surface area contributed by atoms with Crippen LogP contribution in [0.5, 0.6) is 0 Å². The number of rotatable bonds is 5. The second-order valence-corrected chi connectivity index (χ2v) is 7.64. The highest BCUT2D eigenvalue weighted by Gasteiger charge is 2.43. The van der Waals surface area contributed by atoms with Crippen LogP contribution in [0.15, 0.2) is 0 Å². The van der Waals surface area contributed by atoms with Gasteiger partial charge in [-0.2, -0.15) is 0 Å². The molecule has 1 heterocycles. The third-order valence-corrected chi connectivity index (χ3v) is 5.33. The molecule has 0 radical (unpaired) electrons. The molecule has 1 atom stereocenters. The molecule has 2 heteroatoms. The van der Waals surface area contributed by atoms with Gasteiger partial charge in [0, 0.05) is 24.7 Å². The molecule has 1 saturated heterocycles. The molecule has 112 valence electrons. The highest BCUT2D eigenvalue weighted by molar-refractivity contribution is 5.02. The lowest BCUT2D eigenvalue weighted by Gasteiger charge is -2.49. The van der Waals surface area contributed by atoms with Crippen molar-refractivity contribution < 1.29 is 0 Å². The summed E-state index contributed by atoms with van der Waals surface area (Å²) in [5.41, 5.74) is 0.516. The normalized spacial score (nSPS) is 27.8. The van der Waals surface area contributed by atoms with Gasteiger partial charge in [0.15, 0.2) is 0 Å². The molecule has 1 aliphatic heterocycles. The van der Waals surface area contributed by atoms with Crippen LogP contribution in [0, 0.1) is 11.8 Å². The fourth-order valence-corrected chi connectivity index (χ4v) is 3.92. The van der Waals surface area contributed by atoms with E-state index in [1.807, 2.05) is 0 Å². The first-order valence-electron chi connectivity index (χ1n) is 8.52. The fourth-order valence-electron chi connectivity index (χ4n) is 3.92. The number of hydrogen-bond donors (Lipinski definition) is 1. The Morgan fingerprint density at radius 2 is 1.84 bits per heavy atom. The largest absolute Gasteiger partial charge is 0.311 e. The van der Waals surface area contributed by atoms with E-state index >= 15 is 0 Å². The maximum atomic E-state index is 3.84. The van der Waals surface area contributed by atoms with Gasteiger partial charge in [-0.15, -0.1) is 0 Å². The molecule has 0 aromatic heterocycles. The van der Waals surface area contributed by atoms with Gasteiger partial charge in [-0.3, -0.25) is 4.90 Å². The molecule has 0 aromatic rings. The van der Waals surface area contributed by atoms with Crippen molar-refractivity contribution in [2.45, 2.75) is 77.8 Å². The van der Waals surface area contributed by atoms with Crippen molar-refractivity contribution in [3.05, 3.63) is 0 Å². The SMILES string of the molecule is CC(C)CCCN1CC(C(C)C)NCC12CCCC2. The summed E-state index contributed by atoms with van der Waals surface area (Å²) in [6.45, 7) is 13.2. The van der Waals surface area contributed by atoms with E-state index in [0.717, 1.165) is 11.8 Å².